The number of fused-ring (bicyclic) bond motifs is 1. The number of hydrogen-bond donors (Lipinski definition) is 1. The maximum absolute atomic E-state index is 9.09. The Morgan fingerprint density at radius 2 is 2.36 bits per heavy atom. The molecule has 0 saturated heterocycles. The van der Waals surface area contributed by atoms with E-state index in [0.717, 1.165) is 28.7 Å². The smallest absolute Gasteiger partial charge is 0.196 e. The quantitative estimate of drug-likeness (QED) is 0.443. The van der Waals surface area contributed by atoms with Gasteiger partial charge < -0.3 is 5.32 Å². The van der Waals surface area contributed by atoms with Crippen LogP contribution in [0.1, 0.15) is 24.6 Å². The van der Waals surface area contributed by atoms with Gasteiger partial charge in [0.25, 0.3) is 0 Å². The minimum absolute atomic E-state index is 0.389. The molecule has 0 amide bonds. The maximum Gasteiger partial charge on any atom is 0.196 e. The molecule has 1 aromatic carbocycles. The number of nitrogens with zero attached hydrogens (tertiary/aromatic N) is 4. The molecule has 1 aromatic heterocycles. The van der Waals surface area contributed by atoms with E-state index in [2.05, 4.69) is 45.3 Å². The van der Waals surface area contributed by atoms with Crippen molar-refractivity contribution in [2.45, 2.75) is 13.3 Å². The second-order valence-corrected chi connectivity index (χ2v) is 7.15. The molecule has 5 nitrogen and oxygen atoms in total. The third-order valence-corrected chi connectivity index (χ3v) is 5.62. The number of rotatable bonds is 3. The summed E-state index contributed by atoms with van der Waals surface area (Å²) in [5.74, 6) is 0. The summed E-state index contributed by atoms with van der Waals surface area (Å²) in [4.78, 5) is 4.46. The normalized spacial score (nSPS) is 15.3. The van der Waals surface area contributed by atoms with Crippen LogP contribution in [0.15, 0.2) is 28.8 Å². The number of nitrogens with one attached hydrogen (secondary N) is 1. The molecule has 0 aliphatic carbocycles. The van der Waals surface area contributed by atoms with Crippen molar-refractivity contribution in [2.75, 3.05) is 6.54 Å². The van der Waals surface area contributed by atoms with Gasteiger partial charge in [-0.15, -0.1) is 0 Å². The minimum atomic E-state index is 0.389. The van der Waals surface area contributed by atoms with Gasteiger partial charge in [-0.2, -0.15) is 10.4 Å². The molecular formula is C14H12ClIN5P. The van der Waals surface area contributed by atoms with E-state index in [1.54, 1.807) is 0 Å². The molecule has 2 heterocycles. The van der Waals surface area contributed by atoms with Gasteiger partial charge in [-0.25, -0.2) is 9.44 Å². The van der Waals surface area contributed by atoms with Crippen LogP contribution in [-0.2, 0) is 0 Å². The molecule has 1 aliphatic rings. The van der Waals surface area contributed by atoms with Gasteiger partial charge in [0.1, 0.15) is 5.69 Å². The van der Waals surface area contributed by atoms with Gasteiger partial charge in [0.05, 0.1) is 29.2 Å². The van der Waals surface area contributed by atoms with Crippen molar-refractivity contribution >= 4 is 61.9 Å². The van der Waals surface area contributed by atoms with Crippen LogP contribution in [0.4, 0.5) is 0 Å². The molecule has 22 heavy (non-hydrogen) atoms. The first-order valence-corrected chi connectivity index (χ1v) is 11.1. The molecule has 0 bridgehead atoms. The van der Waals surface area contributed by atoms with E-state index in [4.69, 9.17) is 22.0 Å². The number of benzene rings is 1. The van der Waals surface area contributed by atoms with Crippen LogP contribution in [0.2, 0.25) is 0 Å². The molecule has 0 spiro atoms. The highest BCUT2D eigenvalue weighted by molar-refractivity contribution is 14.2. The summed E-state index contributed by atoms with van der Waals surface area (Å²) < 4.78 is 1.91. The second-order valence-electron chi connectivity index (χ2n) is 4.75. The summed E-state index contributed by atoms with van der Waals surface area (Å²) in [5, 5.41) is 18.2. The van der Waals surface area contributed by atoms with Crippen LogP contribution in [0, 0.1) is 11.3 Å². The van der Waals surface area contributed by atoms with Crippen molar-refractivity contribution in [1.82, 2.24) is 14.9 Å². The summed E-state index contributed by atoms with van der Waals surface area (Å²) in [6.07, 6.45) is 1.33. The van der Waals surface area contributed by atoms with Crippen molar-refractivity contribution in [1.29, 1.82) is 5.26 Å². The fraction of sp³-hybridized carbons (Fsp3) is 0.214. The highest BCUT2D eigenvalue weighted by atomic mass is 127. The Morgan fingerprint density at radius 3 is 3.05 bits per heavy atom. The largest absolute Gasteiger partial charge is 0.357 e. The minimum Gasteiger partial charge on any atom is -0.357 e. The monoisotopic (exact) mass is 443 g/mol. The van der Waals surface area contributed by atoms with Crippen LogP contribution in [0.3, 0.4) is 0 Å². The van der Waals surface area contributed by atoms with Crippen LogP contribution in [0.25, 0.3) is 16.6 Å². The summed E-state index contributed by atoms with van der Waals surface area (Å²) in [6, 6.07) is 7.80. The third-order valence-electron chi connectivity index (χ3n) is 3.53. The molecule has 2 aromatic rings. The summed E-state index contributed by atoms with van der Waals surface area (Å²) >= 11 is 8.33. The van der Waals surface area contributed by atoms with Gasteiger partial charge in [0, 0.05) is 11.9 Å². The summed E-state index contributed by atoms with van der Waals surface area (Å²) in [6.45, 7) is 2.78. The fourth-order valence-corrected chi connectivity index (χ4v) is 4.09. The predicted octanol–water partition coefficient (Wildman–Crippen LogP) is 4.02. The number of aliphatic imine (C=N–C) groups is 1. The van der Waals surface area contributed by atoms with E-state index in [1.807, 2.05) is 22.7 Å². The van der Waals surface area contributed by atoms with Crippen molar-refractivity contribution in [3.8, 4) is 6.07 Å². The lowest BCUT2D eigenvalue weighted by Crippen LogP contribution is -2.25. The highest BCUT2D eigenvalue weighted by Crippen LogP contribution is 2.35. The first kappa shape index (κ1) is 15.7. The van der Waals surface area contributed by atoms with Crippen molar-refractivity contribution in [3.05, 3.63) is 35.0 Å². The first-order chi connectivity index (χ1) is 10.7. The Bertz CT molecular complexity index is 849. The molecular weight excluding hydrogens is 432 g/mol. The Labute approximate surface area is 147 Å². The molecule has 0 fully saturated rings. The van der Waals surface area contributed by atoms with E-state index >= 15 is 0 Å². The van der Waals surface area contributed by atoms with E-state index in [-0.39, 0.29) is 0 Å². The lowest BCUT2D eigenvalue weighted by molar-refractivity contribution is 0.904. The third kappa shape index (κ3) is 2.73. The molecule has 3 rings (SSSR count). The van der Waals surface area contributed by atoms with Crippen molar-refractivity contribution in [3.63, 3.8) is 0 Å². The zero-order chi connectivity index (χ0) is 15.7. The number of halogens is 2. The van der Waals surface area contributed by atoms with Crippen LogP contribution >= 0.6 is 40.0 Å². The Kier molecular flexibility index (Phi) is 4.67. The van der Waals surface area contributed by atoms with Crippen molar-refractivity contribution in [2.24, 2.45) is 4.99 Å². The first-order valence-electron chi connectivity index (χ1n) is 6.68. The maximum atomic E-state index is 9.09. The lowest BCUT2D eigenvalue weighted by Gasteiger charge is -2.16. The average Bonchev–Trinajstić information content (AvgIpc) is 2.92. The highest BCUT2D eigenvalue weighted by Gasteiger charge is 2.20. The number of nitriles is 1. The van der Waals surface area contributed by atoms with Crippen LogP contribution < -0.4 is 5.32 Å². The zero-order valence-corrected chi connectivity index (χ0v) is 15.6. The number of amidine groups is 1. The molecule has 0 saturated carbocycles. The molecule has 1 atom stereocenters. The molecule has 1 unspecified atom stereocenters. The van der Waals surface area contributed by atoms with Gasteiger partial charge in [-0.1, -0.05) is 6.92 Å². The molecule has 1 N–H and O–H groups in total. The lowest BCUT2D eigenvalue weighted by atomic mass is 10.0. The summed E-state index contributed by atoms with van der Waals surface area (Å²) in [5.41, 5.74) is 4.44. The van der Waals surface area contributed by atoms with Gasteiger partial charge in [-0.3, -0.25) is 0 Å². The SMILES string of the molecule is CCC1=C(c2nn(PI)c3cc(C#N)ccc23)N=C(Cl)NC1. The van der Waals surface area contributed by atoms with E-state index < -0.39 is 0 Å². The number of aromatic nitrogens is 2. The molecule has 8 heteroatoms. The standard InChI is InChI=1S/C14H12ClIN5P/c1-2-9-7-18-14(15)19-12(9)13-10-4-3-8(6-17)5-11(10)21(20-13)22-16/h3-5,22H,2,7H2,1H3,(H,18,19). The van der Waals surface area contributed by atoms with Crippen LogP contribution in [0.5, 0.6) is 0 Å². The van der Waals surface area contributed by atoms with E-state index in [9.17, 15) is 0 Å². The van der Waals surface area contributed by atoms with E-state index in [1.165, 1.54) is 5.57 Å². The Morgan fingerprint density at radius 1 is 1.55 bits per heavy atom. The predicted molar refractivity (Wildman–Crippen MR) is 101 cm³/mol. The number of hydrogen-bond acceptors (Lipinski definition) is 4. The Balaban J connectivity index is 2.28. The van der Waals surface area contributed by atoms with E-state index in [0.29, 0.717) is 23.8 Å². The zero-order valence-electron chi connectivity index (χ0n) is 11.7. The topological polar surface area (TPSA) is 66.0 Å². The molecule has 112 valence electrons. The van der Waals surface area contributed by atoms with Crippen LogP contribution in [-0.4, -0.2) is 21.4 Å². The van der Waals surface area contributed by atoms with Gasteiger partial charge in [0.2, 0.25) is 0 Å². The van der Waals surface area contributed by atoms with Gasteiger partial charge in [-0.05, 0) is 63.8 Å². The van der Waals surface area contributed by atoms with Gasteiger partial charge in [0.15, 0.2) is 5.29 Å². The molecule has 1 aliphatic heterocycles. The molecule has 0 radical (unpaired) electrons. The fourth-order valence-electron chi connectivity index (χ4n) is 2.42. The summed E-state index contributed by atoms with van der Waals surface area (Å²) in [7, 11) is 0. The van der Waals surface area contributed by atoms with Gasteiger partial charge >= 0.3 is 0 Å². The van der Waals surface area contributed by atoms with Crippen molar-refractivity contribution < 1.29 is 0 Å². The Hall–Kier alpha value is -1.16. The second kappa shape index (κ2) is 6.53. The average molecular weight is 444 g/mol.